The van der Waals surface area contributed by atoms with Crippen LogP contribution in [0.3, 0.4) is 0 Å². The third-order valence-electron chi connectivity index (χ3n) is 5.43. The Balaban J connectivity index is 1.76. The maximum Gasteiger partial charge on any atom is 0.0610 e. The smallest absolute Gasteiger partial charge is 0.0610 e. The van der Waals surface area contributed by atoms with Crippen LogP contribution in [0, 0.1) is 23.7 Å². The first-order valence-corrected chi connectivity index (χ1v) is 8.60. The predicted octanol–water partition coefficient (Wildman–Crippen LogP) is 2.94. The second-order valence-electron chi connectivity index (χ2n) is 5.97. The second kappa shape index (κ2) is 3.11. The molecule has 0 radical (unpaired) electrons. The summed E-state index contributed by atoms with van der Waals surface area (Å²) in [6, 6.07) is 0. The molecule has 1 aliphatic heterocycles. The molecule has 4 aliphatic carbocycles. The van der Waals surface area contributed by atoms with Crippen molar-refractivity contribution in [2.75, 3.05) is 5.75 Å². The van der Waals surface area contributed by atoms with E-state index in [9.17, 15) is 5.11 Å². The topological polar surface area (TPSA) is 20.2 Å². The second-order valence-corrected chi connectivity index (χ2v) is 8.75. The summed E-state index contributed by atoms with van der Waals surface area (Å²) >= 11 is 0. The van der Waals surface area contributed by atoms with E-state index in [1.807, 2.05) is 0 Å². The Morgan fingerprint density at radius 3 is 2.87 bits per heavy atom. The molecule has 0 aromatic rings. The molecule has 4 bridgehead atoms. The van der Waals surface area contributed by atoms with Crippen molar-refractivity contribution in [1.29, 1.82) is 0 Å². The lowest BCUT2D eigenvalue weighted by atomic mass is 9.49. The fraction of sp³-hybridized carbons (Fsp3) is 1.00. The van der Waals surface area contributed by atoms with Gasteiger partial charge in [0.15, 0.2) is 0 Å². The molecule has 84 valence electrons. The van der Waals surface area contributed by atoms with Gasteiger partial charge in [-0.05, 0) is 49.9 Å². The number of hydrogen-bond donors (Lipinski definition) is 1. The molecule has 0 aromatic carbocycles. The van der Waals surface area contributed by atoms with Crippen molar-refractivity contribution in [2.45, 2.75) is 43.0 Å². The average Bonchev–Trinajstić information content (AvgIpc) is 2.71. The lowest BCUT2D eigenvalue weighted by molar-refractivity contribution is -0.115. The molecule has 1 heterocycles. The third-order valence-corrected chi connectivity index (χ3v) is 8.86. The van der Waals surface area contributed by atoms with Crippen molar-refractivity contribution in [3.8, 4) is 0 Å². The van der Waals surface area contributed by atoms with E-state index >= 15 is 0 Å². The molecule has 5 aliphatic rings. The van der Waals surface area contributed by atoms with Crippen LogP contribution in [0.5, 0.6) is 0 Å². The fourth-order valence-electron chi connectivity index (χ4n) is 4.89. The molecule has 0 aromatic heterocycles. The molecular weight excluding hydrogens is 224 g/mol. The molecule has 6 atom stereocenters. The molecule has 1 spiro atoms. The van der Waals surface area contributed by atoms with Crippen molar-refractivity contribution in [1.82, 2.24) is 0 Å². The van der Waals surface area contributed by atoms with E-state index in [2.05, 4.69) is 21.6 Å². The molecule has 15 heavy (non-hydrogen) atoms. The first-order valence-electron chi connectivity index (χ1n) is 6.28. The van der Waals surface area contributed by atoms with Crippen LogP contribution in [0.1, 0.15) is 32.1 Å². The van der Waals surface area contributed by atoms with Gasteiger partial charge >= 0.3 is 0 Å². The summed E-state index contributed by atoms with van der Waals surface area (Å²) in [5.41, 5.74) is 0. The maximum absolute atomic E-state index is 10.4. The molecule has 5 fully saturated rings. The normalized spacial score (nSPS) is 61.8. The van der Waals surface area contributed by atoms with Gasteiger partial charge in [0.25, 0.3) is 0 Å². The van der Waals surface area contributed by atoms with Gasteiger partial charge in [-0.2, -0.15) is 0 Å². The SMILES string of the molecule is OC1C2CC3CC(C2)C2(CCSS2)C1C3. The van der Waals surface area contributed by atoms with Crippen molar-refractivity contribution in [3.05, 3.63) is 0 Å². The van der Waals surface area contributed by atoms with Crippen LogP contribution in [0.2, 0.25) is 0 Å². The number of rotatable bonds is 0. The van der Waals surface area contributed by atoms with Crippen LogP contribution in [-0.4, -0.2) is 21.7 Å². The van der Waals surface area contributed by atoms with Crippen LogP contribution in [0.4, 0.5) is 0 Å². The molecular formula is C12H18OS2. The minimum atomic E-state index is 0.0454. The summed E-state index contributed by atoms with van der Waals surface area (Å²) in [7, 11) is 4.20. The van der Waals surface area contributed by atoms with Gasteiger partial charge in [-0.1, -0.05) is 21.6 Å². The van der Waals surface area contributed by atoms with Gasteiger partial charge in [0.05, 0.1) is 6.10 Å². The third kappa shape index (κ3) is 1.13. The van der Waals surface area contributed by atoms with Gasteiger partial charge in [-0.3, -0.25) is 0 Å². The highest BCUT2D eigenvalue weighted by Gasteiger charge is 2.62. The van der Waals surface area contributed by atoms with Crippen LogP contribution >= 0.6 is 21.6 Å². The molecule has 4 saturated carbocycles. The minimum absolute atomic E-state index is 0.0454. The lowest BCUT2D eigenvalue weighted by Gasteiger charge is -2.61. The van der Waals surface area contributed by atoms with E-state index < -0.39 is 0 Å². The van der Waals surface area contributed by atoms with E-state index in [-0.39, 0.29) is 6.10 Å². The quantitative estimate of drug-likeness (QED) is 0.660. The lowest BCUT2D eigenvalue weighted by Crippen LogP contribution is -2.61. The highest BCUT2D eigenvalue weighted by atomic mass is 33.1. The Bertz CT molecular complexity index is 287. The Hall–Kier alpha value is 0.660. The molecule has 6 unspecified atom stereocenters. The molecule has 1 N–H and O–H groups in total. The van der Waals surface area contributed by atoms with E-state index in [1.54, 1.807) is 0 Å². The van der Waals surface area contributed by atoms with Crippen LogP contribution in [0.25, 0.3) is 0 Å². The van der Waals surface area contributed by atoms with Gasteiger partial charge < -0.3 is 5.11 Å². The number of aliphatic hydroxyl groups excluding tert-OH is 1. The largest absolute Gasteiger partial charge is 0.392 e. The Morgan fingerprint density at radius 1 is 1.13 bits per heavy atom. The zero-order valence-electron chi connectivity index (χ0n) is 8.89. The van der Waals surface area contributed by atoms with Gasteiger partial charge in [0.1, 0.15) is 0 Å². The summed E-state index contributed by atoms with van der Waals surface area (Å²) in [4.78, 5) is 0. The molecule has 0 amide bonds. The Kier molecular flexibility index (Phi) is 2.00. The van der Waals surface area contributed by atoms with Crippen molar-refractivity contribution in [3.63, 3.8) is 0 Å². The van der Waals surface area contributed by atoms with E-state index in [0.717, 1.165) is 11.8 Å². The van der Waals surface area contributed by atoms with E-state index in [1.165, 1.54) is 37.9 Å². The Morgan fingerprint density at radius 2 is 2.07 bits per heavy atom. The van der Waals surface area contributed by atoms with Gasteiger partial charge in [0.2, 0.25) is 0 Å². The highest BCUT2D eigenvalue weighted by molar-refractivity contribution is 8.77. The van der Waals surface area contributed by atoms with Gasteiger partial charge in [-0.15, -0.1) is 0 Å². The van der Waals surface area contributed by atoms with Crippen molar-refractivity contribution >= 4 is 21.6 Å². The summed E-state index contributed by atoms with van der Waals surface area (Å²) in [6.45, 7) is 0. The van der Waals surface area contributed by atoms with Crippen LogP contribution in [-0.2, 0) is 0 Å². The van der Waals surface area contributed by atoms with Crippen LogP contribution < -0.4 is 0 Å². The number of aliphatic hydroxyl groups is 1. The molecule has 1 saturated heterocycles. The van der Waals surface area contributed by atoms with Crippen molar-refractivity contribution in [2.24, 2.45) is 23.7 Å². The zero-order chi connectivity index (χ0) is 10.0. The van der Waals surface area contributed by atoms with E-state index in [4.69, 9.17) is 0 Å². The first-order chi connectivity index (χ1) is 7.29. The predicted molar refractivity (Wildman–Crippen MR) is 65.8 cm³/mol. The standard InChI is InChI=1S/C12H18OS2/c13-11-8-3-7-4-9(6-8)12(10(11)5-7)1-2-14-15-12/h7-11,13H,1-6H2. The maximum atomic E-state index is 10.4. The summed E-state index contributed by atoms with van der Waals surface area (Å²) in [6.07, 6.45) is 6.90. The highest BCUT2D eigenvalue weighted by Crippen LogP contribution is 2.68. The zero-order valence-corrected chi connectivity index (χ0v) is 10.5. The number of hydrogen-bond acceptors (Lipinski definition) is 3. The minimum Gasteiger partial charge on any atom is -0.392 e. The summed E-state index contributed by atoms with van der Waals surface area (Å²) < 4.78 is 0.498. The first kappa shape index (κ1) is 9.67. The van der Waals surface area contributed by atoms with Crippen molar-refractivity contribution < 1.29 is 5.11 Å². The summed E-state index contributed by atoms with van der Waals surface area (Å²) in [5.74, 6) is 4.56. The molecule has 1 nitrogen and oxygen atoms in total. The molecule has 3 heteroatoms. The monoisotopic (exact) mass is 242 g/mol. The Labute approximate surface area is 99.2 Å². The van der Waals surface area contributed by atoms with E-state index in [0.29, 0.717) is 16.6 Å². The van der Waals surface area contributed by atoms with Gasteiger partial charge in [-0.25, -0.2) is 0 Å². The average molecular weight is 242 g/mol. The van der Waals surface area contributed by atoms with Gasteiger partial charge in [0, 0.05) is 16.4 Å². The molecule has 5 rings (SSSR count). The summed E-state index contributed by atoms with van der Waals surface area (Å²) in [5, 5.41) is 10.4. The fourth-order valence-corrected chi connectivity index (χ4v) is 8.80. The van der Waals surface area contributed by atoms with Crippen LogP contribution in [0.15, 0.2) is 0 Å².